The normalized spacial score (nSPS) is 12.8. The number of allylic oxidation sites excluding steroid dienone is 16. The van der Waals surface area contributed by atoms with Gasteiger partial charge in [-0.3, -0.25) is 14.4 Å². The molecule has 1 atom stereocenters. The maximum Gasteiger partial charge on any atom is 0.306 e. The largest absolute Gasteiger partial charge is 0.462 e. The van der Waals surface area contributed by atoms with Crippen molar-refractivity contribution in [2.24, 2.45) is 0 Å². The number of unbranched alkanes of at least 4 members (excludes halogenated alkanes) is 25. The Morgan fingerprint density at radius 2 is 0.557 bits per heavy atom. The van der Waals surface area contributed by atoms with E-state index in [2.05, 4.69) is 118 Å². The number of carbonyl (C=O) groups excluding carboxylic acids is 3. The average molecular weight is 974 g/mol. The van der Waals surface area contributed by atoms with E-state index in [0.717, 1.165) is 122 Å². The van der Waals surface area contributed by atoms with Gasteiger partial charge in [-0.1, -0.05) is 266 Å². The van der Waals surface area contributed by atoms with Gasteiger partial charge in [0.05, 0.1) is 0 Å². The monoisotopic (exact) mass is 973 g/mol. The highest BCUT2D eigenvalue weighted by atomic mass is 16.6. The predicted molar refractivity (Wildman–Crippen MR) is 302 cm³/mol. The molecule has 6 heteroatoms. The zero-order chi connectivity index (χ0) is 50.7. The Morgan fingerprint density at radius 3 is 0.871 bits per heavy atom. The molecule has 0 fully saturated rings. The van der Waals surface area contributed by atoms with Crippen LogP contribution in [0.25, 0.3) is 0 Å². The van der Waals surface area contributed by atoms with E-state index in [1.165, 1.54) is 109 Å². The van der Waals surface area contributed by atoms with Crippen LogP contribution in [0.3, 0.4) is 0 Å². The summed E-state index contributed by atoms with van der Waals surface area (Å²) in [6, 6.07) is 0. The quantitative estimate of drug-likeness (QED) is 0.0262. The van der Waals surface area contributed by atoms with Gasteiger partial charge < -0.3 is 14.2 Å². The zero-order valence-corrected chi connectivity index (χ0v) is 45.8. The Kier molecular flexibility index (Phi) is 54.9. The van der Waals surface area contributed by atoms with Crippen LogP contribution in [0.2, 0.25) is 0 Å². The third kappa shape index (κ3) is 55.3. The van der Waals surface area contributed by atoms with Crippen molar-refractivity contribution in [1.82, 2.24) is 0 Å². The van der Waals surface area contributed by atoms with Crippen molar-refractivity contribution in [2.75, 3.05) is 13.2 Å². The van der Waals surface area contributed by atoms with Gasteiger partial charge >= 0.3 is 17.9 Å². The van der Waals surface area contributed by atoms with Crippen molar-refractivity contribution in [3.05, 3.63) is 97.2 Å². The standard InChI is InChI=1S/C64H108O6/c1-4-7-10-13-15-17-19-21-23-24-25-26-27-28-29-30-31-32-33-34-35-36-37-38-39-40-41-43-44-46-48-51-54-57-63(66)69-60-61(59-68-62(65)56-53-50-12-9-6-3)70-64(67)58-55-52-49-47-45-42-22-20-18-16-14-11-8-5-2/h7,10,15,17,21,23,25-26,28-29,31-32,34-35,37-38,61H,4-6,8-9,11-14,16,18-20,22,24,27,30,33,36,39-60H2,1-3H3/b10-7-,17-15-,23-21-,26-25-,29-28-,32-31-,35-34-,38-37-. The van der Waals surface area contributed by atoms with Crippen LogP contribution in [0.1, 0.15) is 271 Å². The molecule has 0 aromatic heterocycles. The lowest BCUT2D eigenvalue weighted by molar-refractivity contribution is -0.167. The first-order valence-corrected chi connectivity index (χ1v) is 29.2. The second-order valence-corrected chi connectivity index (χ2v) is 19.2. The number of carbonyl (C=O) groups is 3. The van der Waals surface area contributed by atoms with Crippen LogP contribution >= 0.6 is 0 Å². The molecule has 400 valence electrons. The lowest BCUT2D eigenvalue weighted by Crippen LogP contribution is -2.30. The van der Waals surface area contributed by atoms with Gasteiger partial charge in [0.25, 0.3) is 0 Å². The Labute approximate surface area is 432 Å². The smallest absolute Gasteiger partial charge is 0.306 e. The van der Waals surface area contributed by atoms with Crippen LogP contribution in [0.4, 0.5) is 0 Å². The molecule has 0 rings (SSSR count). The Morgan fingerprint density at radius 1 is 0.300 bits per heavy atom. The van der Waals surface area contributed by atoms with Crippen LogP contribution in [-0.2, 0) is 28.6 Å². The van der Waals surface area contributed by atoms with E-state index in [0.29, 0.717) is 19.3 Å². The van der Waals surface area contributed by atoms with E-state index in [4.69, 9.17) is 14.2 Å². The van der Waals surface area contributed by atoms with E-state index >= 15 is 0 Å². The second kappa shape index (κ2) is 57.9. The number of hydrogen-bond acceptors (Lipinski definition) is 6. The van der Waals surface area contributed by atoms with Crippen molar-refractivity contribution < 1.29 is 28.6 Å². The Bertz CT molecular complexity index is 1400. The van der Waals surface area contributed by atoms with E-state index in [-0.39, 0.29) is 31.1 Å². The fourth-order valence-electron chi connectivity index (χ4n) is 7.99. The minimum Gasteiger partial charge on any atom is -0.462 e. The SMILES string of the molecule is CC/C=C\C/C=C\C/C=C\C/C=C\C/C=C\C/C=C\C/C=C\C/C=C\CCCCCCCCCCC(=O)OCC(COC(=O)CCCCCCC)OC(=O)CCCCCCCCCCCCCCCC. The van der Waals surface area contributed by atoms with Crippen LogP contribution in [-0.4, -0.2) is 37.2 Å². The molecule has 0 heterocycles. The average Bonchev–Trinajstić information content (AvgIpc) is 3.36. The molecule has 0 amide bonds. The molecule has 0 aromatic rings. The van der Waals surface area contributed by atoms with Crippen molar-refractivity contribution >= 4 is 17.9 Å². The maximum absolute atomic E-state index is 12.7. The minimum absolute atomic E-state index is 0.0779. The van der Waals surface area contributed by atoms with Crippen molar-refractivity contribution in [1.29, 1.82) is 0 Å². The molecule has 0 aliphatic heterocycles. The summed E-state index contributed by atoms with van der Waals surface area (Å²) in [4.78, 5) is 37.7. The lowest BCUT2D eigenvalue weighted by Gasteiger charge is -2.18. The fraction of sp³-hybridized carbons (Fsp3) is 0.703. The molecule has 6 nitrogen and oxygen atoms in total. The van der Waals surface area contributed by atoms with Gasteiger partial charge in [-0.2, -0.15) is 0 Å². The summed E-state index contributed by atoms with van der Waals surface area (Å²) in [7, 11) is 0. The summed E-state index contributed by atoms with van der Waals surface area (Å²) < 4.78 is 16.7. The van der Waals surface area contributed by atoms with Crippen molar-refractivity contribution in [3.8, 4) is 0 Å². The van der Waals surface area contributed by atoms with Gasteiger partial charge in [0.2, 0.25) is 0 Å². The van der Waals surface area contributed by atoms with Gasteiger partial charge in [0.15, 0.2) is 6.10 Å². The highest BCUT2D eigenvalue weighted by molar-refractivity contribution is 5.71. The summed E-state index contributed by atoms with van der Waals surface area (Å²) >= 11 is 0. The molecule has 0 aliphatic rings. The third-order valence-electron chi connectivity index (χ3n) is 12.4. The molecule has 0 spiro atoms. The molecule has 0 saturated carbocycles. The molecule has 70 heavy (non-hydrogen) atoms. The van der Waals surface area contributed by atoms with Crippen molar-refractivity contribution in [3.63, 3.8) is 0 Å². The highest BCUT2D eigenvalue weighted by Crippen LogP contribution is 2.15. The molecule has 0 aromatic carbocycles. The van der Waals surface area contributed by atoms with E-state index in [9.17, 15) is 14.4 Å². The minimum atomic E-state index is -0.774. The topological polar surface area (TPSA) is 78.9 Å². The lowest BCUT2D eigenvalue weighted by atomic mass is 10.0. The molecule has 1 unspecified atom stereocenters. The molecule has 0 bridgehead atoms. The fourth-order valence-corrected chi connectivity index (χ4v) is 7.99. The number of esters is 3. The number of ether oxygens (including phenoxy) is 3. The Balaban J connectivity index is 4.05. The predicted octanol–water partition coefficient (Wildman–Crippen LogP) is 19.7. The van der Waals surface area contributed by atoms with Gasteiger partial charge in [-0.05, 0) is 83.5 Å². The van der Waals surface area contributed by atoms with Gasteiger partial charge in [-0.25, -0.2) is 0 Å². The summed E-state index contributed by atoms with van der Waals surface area (Å²) in [5, 5.41) is 0. The third-order valence-corrected chi connectivity index (χ3v) is 12.4. The molecule has 0 radical (unpaired) electrons. The van der Waals surface area contributed by atoms with Crippen LogP contribution < -0.4 is 0 Å². The first-order chi connectivity index (χ1) is 34.5. The highest BCUT2D eigenvalue weighted by Gasteiger charge is 2.19. The van der Waals surface area contributed by atoms with E-state index < -0.39 is 6.10 Å². The summed E-state index contributed by atoms with van der Waals surface area (Å²) in [5.41, 5.74) is 0. The van der Waals surface area contributed by atoms with E-state index in [1.807, 2.05) is 0 Å². The Hall–Kier alpha value is -3.67. The van der Waals surface area contributed by atoms with Crippen LogP contribution in [0.5, 0.6) is 0 Å². The molecule has 0 saturated heterocycles. The van der Waals surface area contributed by atoms with Gasteiger partial charge in [0.1, 0.15) is 13.2 Å². The van der Waals surface area contributed by atoms with Gasteiger partial charge in [-0.15, -0.1) is 0 Å². The molecule has 0 N–H and O–H groups in total. The second-order valence-electron chi connectivity index (χ2n) is 19.2. The molecule has 0 aliphatic carbocycles. The molecular weight excluding hydrogens is 865 g/mol. The van der Waals surface area contributed by atoms with E-state index in [1.54, 1.807) is 0 Å². The zero-order valence-electron chi connectivity index (χ0n) is 45.8. The van der Waals surface area contributed by atoms with Crippen LogP contribution in [0, 0.1) is 0 Å². The summed E-state index contributed by atoms with van der Waals surface area (Å²) in [6.45, 7) is 6.44. The summed E-state index contributed by atoms with van der Waals surface area (Å²) in [6.07, 6.45) is 77.3. The first kappa shape index (κ1) is 66.3. The first-order valence-electron chi connectivity index (χ1n) is 29.2. The number of rotatable bonds is 52. The van der Waals surface area contributed by atoms with Crippen LogP contribution in [0.15, 0.2) is 97.2 Å². The maximum atomic E-state index is 12.7. The number of hydrogen-bond donors (Lipinski definition) is 0. The van der Waals surface area contributed by atoms with Gasteiger partial charge in [0, 0.05) is 19.3 Å². The molecular formula is C64H108O6. The van der Waals surface area contributed by atoms with Crippen molar-refractivity contribution in [2.45, 2.75) is 277 Å². The summed E-state index contributed by atoms with van der Waals surface area (Å²) in [5.74, 6) is -0.896.